The highest BCUT2D eigenvalue weighted by Crippen LogP contribution is 2.25. The minimum Gasteiger partial charge on any atom is -0.352 e. The van der Waals surface area contributed by atoms with E-state index in [4.69, 9.17) is 11.6 Å². The zero-order valence-electron chi connectivity index (χ0n) is 12.8. The normalized spacial score (nSPS) is 16.4. The predicted octanol–water partition coefficient (Wildman–Crippen LogP) is 2.86. The maximum Gasteiger partial charge on any atom is 0.233 e. The molecule has 0 radical (unpaired) electrons. The molecule has 3 rings (SSSR count). The zero-order chi connectivity index (χ0) is 16.2. The largest absolute Gasteiger partial charge is 0.352 e. The number of tetrazole rings is 1. The fourth-order valence-corrected chi connectivity index (χ4v) is 3.62. The summed E-state index contributed by atoms with van der Waals surface area (Å²) in [6, 6.07) is 7.60. The Hall–Kier alpha value is -1.60. The first-order valence-electron chi connectivity index (χ1n) is 7.65. The standard InChI is InChI=1S/C15H18ClN5OS/c1-10(14(22)17-12-6-2-3-7-12)23-15-18-19-20-21(15)13-8-4-5-11(16)9-13/h4-5,8-10,12H,2-3,6-7H2,1H3,(H,17,22)/t10-/m1/s1. The molecule has 8 heteroatoms. The van der Waals surface area contributed by atoms with E-state index >= 15 is 0 Å². The molecule has 1 amide bonds. The molecule has 0 aliphatic heterocycles. The van der Waals surface area contributed by atoms with Crippen molar-refractivity contribution in [1.29, 1.82) is 0 Å². The van der Waals surface area contributed by atoms with Gasteiger partial charge in [-0.3, -0.25) is 4.79 Å². The quantitative estimate of drug-likeness (QED) is 0.838. The third-order valence-corrected chi connectivity index (χ3v) is 5.11. The molecule has 23 heavy (non-hydrogen) atoms. The van der Waals surface area contributed by atoms with Crippen molar-refractivity contribution < 1.29 is 4.79 Å². The number of nitrogens with zero attached hydrogens (tertiary/aromatic N) is 4. The Morgan fingerprint density at radius 3 is 2.96 bits per heavy atom. The topological polar surface area (TPSA) is 72.7 Å². The van der Waals surface area contributed by atoms with Crippen LogP contribution < -0.4 is 5.32 Å². The molecule has 0 saturated heterocycles. The number of nitrogens with one attached hydrogen (secondary N) is 1. The van der Waals surface area contributed by atoms with Gasteiger partial charge in [-0.2, -0.15) is 4.68 Å². The van der Waals surface area contributed by atoms with Gasteiger partial charge in [0.25, 0.3) is 0 Å². The van der Waals surface area contributed by atoms with Crippen LogP contribution in [0.2, 0.25) is 5.02 Å². The van der Waals surface area contributed by atoms with Crippen molar-refractivity contribution in [3.63, 3.8) is 0 Å². The van der Waals surface area contributed by atoms with Gasteiger partial charge in [0.2, 0.25) is 11.1 Å². The maximum absolute atomic E-state index is 12.3. The first-order valence-corrected chi connectivity index (χ1v) is 8.90. The summed E-state index contributed by atoms with van der Waals surface area (Å²) in [5.41, 5.74) is 0.772. The van der Waals surface area contributed by atoms with Crippen LogP contribution in [0.15, 0.2) is 29.4 Å². The molecule has 1 aromatic carbocycles. The van der Waals surface area contributed by atoms with Gasteiger partial charge in [0, 0.05) is 11.1 Å². The van der Waals surface area contributed by atoms with E-state index in [1.165, 1.54) is 24.6 Å². The lowest BCUT2D eigenvalue weighted by atomic mass is 10.2. The van der Waals surface area contributed by atoms with Crippen molar-refractivity contribution in [3.8, 4) is 5.69 Å². The molecule has 2 aromatic rings. The van der Waals surface area contributed by atoms with Crippen LogP contribution in [0.3, 0.4) is 0 Å². The van der Waals surface area contributed by atoms with Crippen LogP contribution >= 0.6 is 23.4 Å². The molecular formula is C15H18ClN5OS. The molecule has 1 heterocycles. The molecule has 0 spiro atoms. The SMILES string of the molecule is C[C@@H](Sc1nnnn1-c1cccc(Cl)c1)C(=O)NC1CCCC1. The average molecular weight is 352 g/mol. The van der Waals surface area contributed by atoms with Crippen molar-refractivity contribution in [2.24, 2.45) is 0 Å². The Morgan fingerprint density at radius 1 is 1.43 bits per heavy atom. The lowest BCUT2D eigenvalue weighted by Crippen LogP contribution is -2.37. The van der Waals surface area contributed by atoms with Gasteiger partial charge < -0.3 is 5.32 Å². The highest BCUT2D eigenvalue weighted by Gasteiger charge is 2.23. The van der Waals surface area contributed by atoms with Crippen molar-refractivity contribution >= 4 is 29.3 Å². The molecule has 1 N–H and O–H groups in total. The Labute approximate surface area is 144 Å². The summed E-state index contributed by atoms with van der Waals surface area (Å²) >= 11 is 7.35. The fourth-order valence-electron chi connectivity index (χ4n) is 2.62. The highest BCUT2D eigenvalue weighted by atomic mass is 35.5. The maximum atomic E-state index is 12.3. The Morgan fingerprint density at radius 2 is 2.22 bits per heavy atom. The smallest absolute Gasteiger partial charge is 0.233 e. The van der Waals surface area contributed by atoms with E-state index < -0.39 is 0 Å². The number of aromatic nitrogens is 4. The lowest BCUT2D eigenvalue weighted by Gasteiger charge is -2.16. The summed E-state index contributed by atoms with van der Waals surface area (Å²) < 4.78 is 1.59. The number of benzene rings is 1. The van der Waals surface area contributed by atoms with E-state index in [2.05, 4.69) is 20.8 Å². The molecule has 6 nitrogen and oxygen atoms in total. The molecule has 122 valence electrons. The van der Waals surface area contributed by atoms with E-state index in [0.29, 0.717) is 16.2 Å². The van der Waals surface area contributed by atoms with E-state index in [1.807, 2.05) is 19.1 Å². The van der Waals surface area contributed by atoms with Crippen molar-refractivity contribution in [2.45, 2.75) is 49.1 Å². The Balaban J connectivity index is 1.68. The number of thioether (sulfide) groups is 1. The van der Waals surface area contributed by atoms with Gasteiger partial charge in [-0.15, -0.1) is 5.10 Å². The van der Waals surface area contributed by atoms with Gasteiger partial charge in [0.15, 0.2) is 0 Å². The van der Waals surface area contributed by atoms with E-state index in [-0.39, 0.29) is 11.2 Å². The molecule has 1 atom stereocenters. The van der Waals surface area contributed by atoms with Gasteiger partial charge in [0.1, 0.15) is 0 Å². The Kier molecular flexibility index (Phi) is 5.17. The number of halogens is 1. The van der Waals surface area contributed by atoms with Crippen LogP contribution in [-0.2, 0) is 4.79 Å². The summed E-state index contributed by atoms with van der Waals surface area (Å²) in [5.74, 6) is 0.0301. The molecule has 0 unspecified atom stereocenters. The number of hydrogen-bond acceptors (Lipinski definition) is 5. The van der Waals surface area contributed by atoms with E-state index in [1.54, 1.807) is 16.8 Å². The van der Waals surface area contributed by atoms with Crippen LogP contribution in [0.4, 0.5) is 0 Å². The van der Waals surface area contributed by atoms with Crippen molar-refractivity contribution in [1.82, 2.24) is 25.5 Å². The number of carbonyl (C=O) groups is 1. The summed E-state index contributed by atoms with van der Waals surface area (Å²) in [7, 11) is 0. The van der Waals surface area contributed by atoms with Gasteiger partial charge >= 0.3 is 0 Å². The molecule has 1 aliphatic rings. The van der Waals surface area contributed by atoms with Gasteiger partial charge in [-0.1, -0.05) is 42.3 Å². The monoisotopic (exact) mass is 351 g/mol. The second-order valence-electron chi connectivity index (χ2n) is 5.60. The first-order chi connectivity index (χ1) is 11.1. The van der Waals surface area contributed by atoms with Crippen LogP contribution in [0.5, 0.6) is 0 Å². The third kappa shape index (κ3) is 4.03. The third-order valence-electron chi connectivity index (χ3n) is 3.85. The van der Waals surface area contributed by atoms with Crippen molar-refractivity contribution in [3.05, 3.63) is 29.3 Å². The Bertz CT molecular complexity index is 686. The van der Waals surface area contributed by atoms with Crippen LogP contribution in [0, 0.1) is 0 Å². The zero-order valence-corrected chi connectivity index (χ0v) is 14.3. The van der Waals surface area contributed by atoms with Crippen LogP contribution in [0.1, 0.15) is 32.6 Å². The highest BCUT2D eigenvalue weighted by molar-refractivity contribution is 8.00. The molecule has 1 saturated carbocycles. The summed E-state index contributed by atoms with van der Waals surface area (Å²) in [5, 5.41) is 15.7. The molecular weight excluding hydrogens is 334 g/mol. The van der Waals surface area contributed by atoms with Gasteiger partial charge in [0.05, 0.1) is 10.9 Å². The fraction of sp³-hybridized carbons (Fsp3) is 0.467. The second-order valence-corrected chi connectivity index (χ2v) is 7.35. The second kappa shape index (κ2) is 7.31. The van der Waals surface area contributed by atoms with E-state index in [9.17, 15) is 4.79 Å². The first kappa shape index (κ1) is 16.3. The number of rotatable bonds is 5. The van der Waals surface area contributed by atoms with E-state index in [0.717, 1.165) is 18.5 Å². The molecule has 1 fully saturated rings. The van der Waals surface area contributed by atoms with Gasteiger partial charge in [-0.05, 0) is 48.4 Å². The molecule has 1 aromatic heterocycles. The summed E-state index contributed by atoms with van der Waals surface area (Å²) in [4.78, 5) is 12.3. The number of hydrogen-bond donors (Lipinski definition) is 1. The number of amides is 1. The van der Waals surface area contributed by atoms with Crippen LogP contribution in [0.25, 0.3) is 5.69 Å². The lowest BCUT2D eigenvalue weighted by molar-refractivity contribution is -0.120. The van der Waals surface area contributed by atoms with Crippen molar-refractivity contribution in [2.75, 3.05) is 0 Å². The molecule has 1 aliphatic carbocycles. The van der Waals surface area contributed by atoms with Crippen LogP contribution in [-0.4, -0.2) is 37.4 Å². The number of carbonyl (C=O) groups excluding carboxylic acids is 1. The summed E-state index contributed by atoms with van der Waals surface area (Å²) in [6.45, 7) is 1.87. The minimum absolute atomic E-state index is 0.0301. The average Bonchev–Trinajstić information content (AvgIpc) is 3.18. The summed E-state index contributed by atoms with van der Waals surface area (Å²) in [6.07, 6.45) is 4.53. The van der Waals surface area contributed by atoms with Gasteiger partial charge in [-0.25, -0.2) is 0 Å². The minimum atomic E-state index is -0.264. The molecule has 0 bridgehead atoms. The predicted molar refractivity (Wildman–Crippen MR) is 89.9 cm³/mol.